The van der Waals surface area contributed by atoms with Crippen molar-refractivity contribution >= 4 is 23.2 Å². The highest BCUT2D eigenvalue weighted by molar-refractivity contribution is 6.33. The summed E-state index contributed by atoms with van der Waals surface area (Å²) in [5, 5.41) is 3.76. The zero-order chi connectivity index (χ0) is 12.1. The summed E-state index contributed by atoms with van der Waals surface area (Å²) in [6, 6.07) is 7.89. The fraction of sp³-hybridized carbons (Fsp3) is 0.417. The maximum Gasteiger partial charge on any atom is 0.210 e. The lowest BCUT2D eigenvalue weighted by molar-refractivity contribution is 0.700. The van der Waals surface area contributed by atoms with E-state index >= 15 is 0 Å². The Kier molecular flexibility index (Phi) is 4.23. The van der Waals surface area contributed by atoms with E-state index in [0.29, 0.717) is 17.0 Å². The largest absolute Gasteiger partial charge is 0.324 e. The first kappa shape index (κ1) is 12.2. The van der Waals surface area contributed by atoms with Gasteiger partial charge in [-0.25, -0.2) is 10.8 Å². The Morgan fingerprint density at radius 3 is 2.65 bits per heavy atom. The number of para-hydroxylation sites is 1. The lowest BCUT2D eigenvalue weighted by Gasteiger charge is -2.12. The van der Waals surface area contributed by atoms with Crippen molar-refractivity contribution in [2.75, 3.05) is 5.32 Å². The van der Waals surface area contributed by atoms with Gasteiger partial charge in [0, 0.05) is 0 Å². The van der Waals surface area contributed by atoms with E-state index in [0.717, 1.165) is 18.5 Å². The van der Waals surface area contributed by atoms with Crippen LogP contribution in [0.15, 0.2) is 29.3 Å². The first-order chi connectivity index (χ1) is 8.29. The van der Waals surface area contributed by atoms with Crippen LogP contribution in [0.2, 0.25) is 5.02 Å². The topological polar surface area (TPSA) is 62.4 Å². The molecule has 0 unspecified atom stereocenters. The highest BCUT2D eigenvalue weighted by Gasteiger charge is 2.14. The molecule has 0 heterocycles. The van der Waals surface area contributed by atoms with Gasteiger partial charge in [-0.15, -0.1) is 0 Å². The highest BCUT2D eigenvalue weighted by atomic mass is 35.5. The minimum absolute atomic E-state index is 0.371. The van der Waals surface area contributed by atoms with Crippen LogP contribution in [0.25, 0.3) is 0 Å². The predicted octanol–water partition coefficient (Wildman–Crippen LogP) is 2.51. The van der Waals surface area contributed by atoms with E-state index in [1.165, 1.54) is 12.8 Å². The number of nitrogens with one attached hydrogen (secondary N) is 2. The zero-order valence-corrected chi connectivity index (χ0v) is 10.4. The number of guanidine groups is 1. The molecular formula is C12H17ClN4. The van der Waals surface area contributed by atoms with Gasteiger partial charge in [0.15, 0.2) is 0 Å². The fourth-order valence-electron chi connectivity index (χ4n) is 2.01. The Labute approximate surface area is 106 Å². The van der Waals surface area contributed by atoms with Crippen LogP contribution in [0.5, 0.6) is 0 Å². The molecule has 1 fully saturated rings. The maximum atomic E-state index is 6.06. The van der Waals surface area contributed by atoms with Crippen molar-refractivity contribution in [1.29, 1.82) is 0 Å². The number of hydrogen-bond acceptors (Lipinski definition) is 2. The Bertz CT molecular complexity index is 399. The summed E-state index contributed by atoms with van der Waals surface area (Å²) in [4.78, 5) is 4.54. The third kappa shape index (κ3) is 3.35. The summed E-state index contributed by atoms with van der Waals surface area (Å²) in [5.74, 6) is 6.04. The van der Waals surface area contributed by atoms with E-state index in [-0.39, 0.29) is 0 Å². The number of rotatable bonds is 2. The van der Waals surface area contributed by atoms with Gasteiger partial charge in [0.05, 0.1) is 16.8 Å². The van der Waals surface area contributed by atoms with Crippen molar-refractivity contribution in [3.8, 4) is 0 Å². The molecule has 2 rings (SSSR count). The normalized spacial score (nSPS) is 17.2. The van der Waals surface area contributed by atoms with Gasteiger partial charge in [-0.3, -0.25) is 5.43 Å². The number of benzene rings is 1. The summed E-state index contributed by atoms with van der Waals surface area (Å²) in [5.41, 5.74) is 3.39. The van der Waals surface area contributed by atoms with Gasteiger partial charge in [0.25, 0.3) is 0 Å². The molecule has 1 aromatic rings. The molecule has 0 spiro atoms. The van der Waals surface area contributed by atoms with Gasteiger partial charge in [-0.1, -0.05) is 36.6 Å². The quantitative estimate of drug-likeness (QED) is 0.328. The van der Waals surface area contributed by atoms with Gasteiger partial charge in [-0.2, -0.15) is 0 Å². The molecule has 0 aromatic heterocycles. The summed E-state index contributed by atoms with van der Waals surface area (Å²) in [6.07, 6.45) is 4.76. The van der Waals surface area contributed by atoms with Gasteiger partial charge in [-0.05, 0) is 25.0 Å². The first-order valence-corrected chi connectivity index (χ1v) is 6.23. The number of aliphatic imine (C=N–C) groups is 1. The minimum atomic E-state index is 0.371. The zero-order valence-electron chi connectivity index (χ0n) is 9.62. The van der Waals surface area contributed by atoms with Gasteiger partial charge in [0.1, 0.15) is 0 Å². The molecule has 1 saturated carbocycles. The molecule has 1 aliphatic carbocycles. The summed E-state index contributed by atoms with van der Waals surface area (Å²) in [6.45, 7) is 0. The number of hydrogen-bond donors (Lipinski definition) is 3. The number of anilines is 1. The van der Waals surface area contributed by atoms with E-state index in [9.17, 15) is 0 Å². The van der Waals surface area contributed by atoms with Crippen molar-refractivity contribution in [2.45, 2.75) is 31.7 Å². The van der Waals surface area contributed by atoms with Crippen molar-refractivity contribution in [3.63, 3.8) is 0 Å². The molecule has 5 heteroatoms. The average molecular weight is 253 g/mol. The summed E-state index contributed by atoms with van der Waals surface area (Å²) >= 11 is 6.06. The van der Waals surface area contributed by atoms with Crippen LogP contribution >= 0.6 is 11.6 Å². The molecular weight excluding hydrogens is 236 g/mol. The number of nitrogens with zero attached hydrogens (tertiary/aromatic N) is 1. The van der Waals surface area contributed by atoms with Crippen molar-refractivity contribution in [3.05, 3.63) is 29.3 Å². The molecule has 4 nitrogen and oxygen atoms in total. The van der Waals surface area contributed by atoms with Crippen LogP contribution in [0.3, 0.4) is 0 Å². The molecule has 0 aliphatic heterocycles. The standard InChI is InChI=1S/C12H17ClN4/c13-10-7-3-4-8-11(10)16-12(17-14)15-9-5-1-2-6-9/h3-4,7-9H,1-2,5-6,14H2,(H2,15,16,17). The van der Waals surface area contributed by atoms with E-state index in [2.05, 4.69) is 15.7 Å². The molecule has 0 bridgehead atoms. The van der Waals surface area contributed by atoms with E-state index in [1.807, 2.05) is 24.3 Å². The highest BCUT2D eigenvalue weighted by Crippen LogP contribution is 2.22. The predicted molar refractivity (Wildman–Crippen MR) is 72.1 cm³/mol. The van der Waals surface area contributed by atoms with Crippen LogP contribution in [-0.4, -0.2) is 12.0 Å². The third-order valence-corrected chi connectivity index (χ3v) is 3.23. The third-order valence-electron chi connectivity index (χ3n) is 2.90. The fourth-order valence-corrected chi connectivity index (χ4v) is 2.19. The summed E-state index contributed by atoms with van der Waals surface area (Å²) in [7, 11) is 0. The Morgan fingerprint density at radius 2 is 2.00 bits per heavy atom. The first-order valence-electron chi connectivity index (χ1n) is 5.85. The number of hydrazine groups is 1. The lowest BCUT2D eigenvalue weighted by atomic mass is 10.3. The maximum absolute atomic E-state index is 6.06. The van der Waals surface area contributed by atoms with Crippen molar-refractivity contribution < 1.29 is 0 Å². The van der Waals surface area contributed by atoms with Crippen LogP contribution in [-0.2, 0) is 0 Å². The molecule has 17 heavy (non-hydrogen) atoms. The smallest absolute Gasteiger partial charge is 0.210 e. The second kappa shape index (κ2) is 5.89. The SMILES string of the molecule is NNC(=NC1CCCC1)Nc1ccccc1Cl. The van der Waals surface area contributed by atoms with Crippen LogP contribution < -0.4 is 16.6 Å². The van der Waals surface area contributed by atoms with Crippen molar-refractivity contribution in [2.24, 2.45) is 10.8 Å². The molecule has 0 radical (unpaired) electrons. The average Bonchev–Trinajstić information content (AvgIpc) is 2.84. The molecule has 1 aromatic carbocycles. The number of nitrogens with two attached hydrogens (primary N) is 1. The minimum Gasteiger partial charge on any atom is -0.324 e. The van der Waals surface area contributed by atoms with Gasteiger partial charge < -0.3 is 5.32 Å². The molecule has 92 valence electrons. The molecule has 0 amide bonds. The monoisotopic (exact) mass is 252 g/mol. The molecule has 1 aliphatic rings. The van der Waals surface area contributed by atoms with E-state index in [4.69, 9.17) is 17.4 Å². The van der Waals surface area contributed by atoms with Crippen LogP contribution in [0, 0.1) is 0 Å². The Balaban J connectivity index is 2.06. The lowest BCUT2D eigenvalue weighted by Crippen LogP contribution is -2.37. The Hall–Kier alpha value is -1.26. The van der Waals surface area contributed by atoms with E-state index in [1.54, 1.807) is 0 Å². The van der Waals surface area contributed by atoms with Crippen LogP contribution in [0.4, 0.5) is 5.69 Å². The molecule has 0 atom stereocenters. The van der Waals surface area contributed by atoms with Crippen molar-refractivity contribution in [1.82, 2.24) is 5.43 Å². The van der Waals surface area contributed by atoms with Gasteiger partial charge >= 0.3 is 0 Å². The summed E-state index contributed by atoms with van der Waals surface area (Å²) < 4.78 is 0. The second-order valence-electron chi connectivity index (χ2n) is 4.17. The van der Waals surface area contributed by atoms with Crippen LogP contribution in [0.1, 0.15) is 25.7 Å². The molecule has 0 saturated heterocycles. The second-order valence-corrected chi connectivity index (χ2v) is 4.57. The molecule has 4 N–H and O–H groups in total. The Morgan fingerprint density at radius 1 is 1.29 bits per heavy atom. The van der Waals surface area contributed by atoms with Gasteiger partial charge in [0.2, 0.25) is 5.96 Å². The van der Waals surface area contributed by atoms with E-state index < -0.39 is 0 Å². The number of halogens is 1.